The first kappa shape index (κ1) is 20.2. The minimum Gasteiger partial charge on any atom is -0.390 e. The van der Waals surface area contributed by atoms with Crippen LogP contribution in [0.3, 0.4) is 0 Å². The SMILES string of the molecule is CN(C)CC(O)CNC(=O)C(=O)Nc1cc(C(F)(F)F)ccc1Cl. The van der Waals surface area contributed by atoms with Gasteiger partial charge in [-0.3, -0.25) is 9.59 Å². The second kappa shape index (κ2) is 8.32. The van der Waals surface area contributed by atoms with E-state index < -0.39 is 29.7 Å². The Morgan fingerprint density at radius 3 is 2.46 bits per heavy atom. The molecule has 0 saturated carbocycles. The van der Waals surface area contributed by atoms with E-state index in [1.54, 1.807) is 19.0 Å². The smallest absolute Gasteiger partial charge is 0.390 e. The average molecular weight is 368 g/mol. The van der Waals surface area contributed by atoms with Crippen LogP contribution in [0, 0.1) is 0 Å². The molecule has 0 saturated heterocycles. The number of hydrogen-bond acceptors (Lipinski definition) is 4. The molecule has 0 heterocycles. The molecule has 1 aromatic rings. The lowest BCUT2D eigenvalue weighted by molar-refractivity contribution is -0.137. The fraction of sp³-hybridized carbons (Fsp3) is 0.429. The van der Waals surface area contributed by atoms with Crippen molar-refractivity contribution in [3.63, 3.8) is 0 Å². The number of aliphatic hydroxyl groups excluding tert-OH is 1. The van der Waals surface area contributed by atoms with E-state index in [1.165, 1.54) is 0 Å². The molecule has 0 bridgehead atoms. The largest absolute Gasteiger partial charge is 0.416 e. The van der Waals surface area contributed by atoms with Gasteiger partial charge < -0.3 is 20.6 Å². The molecule has 3 N–H and O–H groups in total. The van der Waals surface area contributed by atoms with E-state index in [0.29, 0.717) is 6.07 Å². The van der Waals surface area contributed by atoms with Crippen LogP contribution in [0.4, 0.5) is 18.9 Å². The molecule has 134 valence electrons. The number of alkyl halides is 3. The van der Waals surface area contributed by atoms with Gasteiger partial charge in [0.2, 0.25) is 0 Å². The van der Waals surface area contributed by atoms with Gasteiger partial charge in [0.1, 0.15) is 0 Å². The molecular formula is C14H17ClF3N3O3. The number of anilines is 1. The number of nitrogens with one attached hydrogen (secondary N) is 2. The molecule has 2 amide bonds. The van der Waals surface area contributed by atoms with Gasteiger partial charge >= 0.3 is 18.0 Å². The minimum absolute atomic E-state index is 0.142. The van der Waals surface area contributed by atoms with Gasteiger partial charge in [-0.1, -0.05) is 11.6 Å². The number of rotatable bonds is 5. The lowest BCUT2D eigenvalue weighted by atomic mass is 10.2. The Balaban J connectivity index is 2.69. The Hall–Kier alpha value is -1.84. The van der Waals surface area contributed by atoms with Gasteiger partial charge in [-0.25, -0.2) is 0 Å². The fourth-order valence-electron chi connectivity index (χ4n) is 1.75. The third kappa shape index (κ3) is 6.34. The van der Waals surface area contributed by atoms with E-state index in [2.05, 4.69) is 5.32 Å². The highest BCUT2D eigenvalue weighted by molar-refractivity contribution is 6.41. The second-order valence-electron chi connectivity index (χ2n) is 5.27. The maximum atomic E-state index is 12.6. The zero-order valence-corrected chi connectivity index (χ0v) is 13.7. The third-order valence-corrected chi connectivity index (χ3v) is 3.15. The molecular weight excluding hydrogens is 351 g/mol. The van der Waals surface area contributed by atoms with Crippen LogP contribution in [0.5, 0.6) is 0 Å². The van der Waals surface area contributed by atoms with Crippen LogP contribution in [0.25, 0.3) is 0 Å². The Labute approximate surface area is 141 Å². The maximum Gasteiger partial charge on any atom is 0.416 e. The molecule has 10 heteroatoms. The molecule has 0 aliphatic carbocycles. The van der Waals surface area contributed by atoms with Crippen LogP contribution in [-0.4, -0.2) is 55.1 Å². The summed E-state index contributed by atoms with van der Waals surface area (Å²) < 4.78 is 37.9. The molecule has 0 spiro atoms. The first-order chi connectivity index (χ1) is 11.0. The van der Waals surface area contributed by atoms with Gasteiger partial charge in [0.05, 0.1) is 22.4 Å². The minimum atomic E-state index is -4.61. The topological polar surface area (TPSA) is 81.7 Å². The lowest BCUT2D eigenvalue weighted by Gasteiger charge is -2.16. The predicted octanol–water partition coefficient (Wildman–Crippen LogP) is 1.34. The van der Waals surface area contributed by atoms with E-state index in [0.717, 1.165) is 12.1 Å². The summed E-state index contributed by atoms with van der Waals surface area (Å²) >= 11 is 5.72. The van der Waals surface area contributed by atoms with E-state index in [-0.39, 0.29) is 23.8 Å². The van der Waals surface area contributed by atoms with Gasteiger partial charge in [0.25, 0.3) is 0 Å². The molecule has 1 unspecified atom stereocenters. The molecule has 1 aromatic carbocycles. The summed E-state index contributed by atoms with van der Waals surface area (Å²) in [4.78, 5) is 25.0. The maximum absolute atomic E-state index is 12.6. The van der Waals surface area contributed by atoms with Crippen molar-refractivity contribution in [2.24, 2.45) is 0 Å². The Morgan fingerprint density at radius 2 is 1.92 bits per heavy atom. The highest BCUT2D eigenvalue weighted by atomic mass is 35.5. The molecule has 0 aliphatic rings. The van der Waals surface area contributed by atoms with Crippen LogP contribution < -0.4 is 10.6 Å². The zero-order valence-electron chi connectivity index (χ0n) is 12.9. The van der Waals surface area contributed by atoms with Crippen LogP contribution in [0.1, 0.15) is 5.56 Å². The van der Waals surface area contributed by atoms with Crippen molar-refractivity contribution >= 4 is 29.1 Å². The molecule has 0 radical (unpaired) electrons. The monoisotopic (exact) mass is 367 g/mol. The number of nitrogens with zero attached hydrogens (tertiary/aromatic N) is 1. The molecule has 1 atom stereocenters. The number of aliphatic hydroxyl groups is 1. The predicted molar refractivity (Wildman–Crippen MR) is 82.7 cm³/mol. The third-order valence-electron chi connectivity index (χ3n) is 2.82. The number of likely N-dealkylation sites (N-methyl/N-ethyl adjacent to an activating group) is 1. The number of hydrogen-bond donors (Lipinski definition) is 3. The van der Waals surface area contributed by atoms with Crippen LogP contribution in [0.15, 0.2) is 18.2 Å². The van der Waals surface area contributed by atoms with Crippen molar-refractivity contribution in [1.82, 2.24) is 10.2 Å². The van der Waals surface area contributed by atoms with Crippen molar-refractivity contribution < 1.29 is 27.9 Å². The van der Waals surface area contributed by atoms with Gasteiger partial charge in [-0.2, -0.15) is 13.2 Å². The van der Waals surface area contributed by atoms with E-state index in [9.17, 15) is 27.9 Å². The Morgan fingerprint density at radius 1 is 1.29 bits per heavy atom. The second-order valence-corrected chi connectivity index (χ2v) is 5.68. The zero-order chi connectivity index (χ0) is 18.5. The summed E-state index contributed by atoms with van der Waals surface area (Å²) in [5.74, 6) is -2.28. The van der Waals surface area contributed by atoms with Crippen molar-refractivity contribution in [1.29, 1.82) is 0 Å². The standard InChI is InChI=1S/C14H17ClF3N3O3/c1-21(2)7-9(22)6-19-12(23)13(24)20-11-5-8(14(16,17)18)3-4-10(11)15/h3-5,9,22H,6-7H2,1-2H3,(H,19,23)(H,20,24). The summed E-state index contributed by atoms with van der Waals surface area (Å²) in [5.41, 5.74) is -1.34. The lowest BCUT2D eigenvalue weighted by Crippen LogP contribution is -2.42. The van der Waals surface area contributed by atoms with Gasteiger partial charge in [-0.15, -0.1) is 0 Å². The first-order valence-electron chi connectivity index (χ1n) is 6.79. The molecule has 0 fully saturated rings. The summed E-state index contributed by atoms with van der Waals surface area (Å²) in [6.07, 6.45) is -5.50. The highest BCUT2D eigenvalue weighted by Crippen LogP contribution is 2.33. The normalized spacial score (nSPS) is 12.8. The Kier molecular flexibility index (Phi) is 7.00. The highest BCUT2D eigenvalue weighted by Gasteiger charge is 2.31. The number of benzene rings is 1. The van der Waals surface area contributed by atoms with E-state index in [1.807, 2.05) is 5.32 Å². The number of halogens is 4. The quantitative estimate of drug-likeness (QED) is 0.686. The molecule has 1 rings (SSSR count). The molecule has 6 nitrogen and oxygen atoms in total. The van der Waals surface area contributed by atoms with Gasteiger partial charge in [0.15, 0.2) is 0 Å². The summed E-state index contributed by atoms with van der Waals surface area (Å²) in [7, 11) is 3.43. The fourth-order valence-corrected chi connectivity index (χ4v) is 1.92. The molecule has 24 heavy (non-hydrogen) atoms. The number of carbonyl (C=O) groups is 2. The summed E-state index contributed by atoms with van der Waals surface area (Å²) in [6.45, 7) is 0.0854. The summed E-state index contributed by atoms with van der Waals surface area (Å²) in [6, 6.07) is 2.36. The van der Waals surface area contributed by atoms with Gasteiger partial charge in [-0.05, 0) is 32.3 Å². The van der Waals surface area contributed by atoms with Crippen molar-refractivity contribution in [3.8, 4) is 0 Å². The first-order valence-corrected chi connectivity index (χ1v) is 7.17. The molecule has 0 aliphatic heterocycles. The van der Waals surface area contributed by atoms with Crippen molar-refractivity contribution in [2.45, 2.75) is 12.3 Å². The van der Waals surface area contributed by atoms with Crippen molar-refractivity contribution in [3.05, 3.63) is 28.8 Å². The number of carbonyl (C=O) groups excluding carboxylic acids is 2. The average Bonchev–Trinajstić information content (AvgIpc) is 2.45. The van der Waals surface area contributed by atoms with Crippen LogP contribution in [-0.2, 0) is 15.8 Å². The van der Waals surface area contributed by atoms with Crippen LogP contribution in [0.2, 0.25) is 5.02 Å². The number of amides is 2. The van der Waals surface area contributed by atoms with Gasteiger partial charge in [0, 0.05) is 13.1 Å². The summed E-state index contributed by atoms with van der Waals surface area (Å²) in [5, 5.41) is 13.6. The van der Waals surface area contributed by atoms with E-state index in [4.69, 9.17) is 11.6 Å². The molecule has 0 aromatic heterocycles. The Bertz CT molecular complexity index is 609. The van der Waals surface area contributed by atoms with E-state index >= 15 is 0 Å². The van der Waals surface area contributed by atoms with Crippen molar-refractivity contribution in [2.75, 3.05) is 32.5 Å². The van der Waals surface area contributed by atoms with Crippen LogP contribution >= 0.6 is 11.6 Å².